The molecule has 0 aliphatic rings. The van der Waals surface area contributed by atoms with E-state index in [2.05, 4.69) is 0 Å². The molecule has 0 radical (unpaired) electrons. The minimum absolute atomic E-state index is 0.863. The van der Waals surface area contributed by atoms with Gasteiger partial charge >= 0.3 is 124 Å². The van der Waals surface area contributed by atoms with E-state index in [4.69, 9.17) is 0 Å². The zero-order valence-corrected chi connectivity index (χ0v) is 12.5. The summed E-state index contributed by atoms with van der Waals surface area (Å²) in [5.41, 5.74) is -16.2. The van der Waals surface area contributed by atoms with Gasteiger partial charge in [-0.05, 0) is 0 Å². The third-order valence-electron chi connectivity index (χ3n) is 2.40. The van der Waals surface area contributed by atoms with Gasteiger partial charge in [0.2, 0.25) is 0 Å². The molecule has 0 saturated carbocycles. The van der Waals surface area contributed by atoms with Crippen LogP contribution >= 0.6 is 6.46 Å². The SMILES string of the molecule is CC(F)(F)C(=O)[PH](C(=O)C(F)(F)F)(C(F)(F)F)S(=O)(=O)C(F)(F)F. The average Bonchev–Trinajstić information content (AvgIpc) is 2.22. The van der Waals surface area contributed by atoms with E-state index in [1.807, 2.05) is 0 Å². The van der Waals surface area contributed by atoms with Gasteiger partial charge in [0.25, 0.3) is 0 Å². The molecule has 0 bridgehead atoms. The Morgan fingerprint density at radius 3 is 1.25 bits per heavy atom. The van der Waals surface area contributed by atoms with Gasteiger partial charge in [0.15, 0.2) is 0 Å². The molecule has 0 aliphatic carbocycles. The van der Waals surface area contributed by atoms with Crippen LogP contribution in [0.15, 0.2) is 0 Å². The molecule has 0 heterocycles. The van der Waals surface area contributed by atoms with E-state index >= 15 is 0 Å². The van der Waals surface area contributed by atoms with Gasteiger partial charge in [0.05, 0.1) is 0 Å². The van der Waals surface area contributed by atoms with Crippen molar-refractivity contribution in [2.45, 2.75) is 30.4 Å². The van der Waals surface area contributed by atoms with Crippen LogP contribution in [-0.2, 0) is 19.0 Å². The quantitative estimate of drug-likeness (QED) is 0.513. The van der Waals surface area contributed by atoms with Gasteiger partial charge in [-0.1, -0.05) is 0 Å². The van der Waals surface area contributed by atoms with Crippen molar-refractivity contribution in [1.29, 1.82) is 0 Å². The van der Waals surface area contributed by atoms with E-state index in [-0.39, 0.29) is 0 Å². The molecule has 17 heteroatoms. The molecule has 0 aliphatic heterocycles. The molecule has 0 aromatic rings. The Morgan fingerprint density at radius 2 is 1.08 bits per heavy atom. The Hall–Kier alpha value is -1.05. The maximum atomic E-state index is 12.9. The predicted molar refractivity (Wildman–Crippen MR) is 56.0 cm³/mol. The van der Waals surface area contributed by atoms with Gasteiger partial charge in [-0.15, -0.1) is 0 Å². The molecule has 0 atom stereocenters. The summed E-state index contributed by atoms with van der Waals surface area (Å²) in [6.45, 7) is -10.0. The molecule has 0 aromatic carbocycles. The second-order valence-corrected chi connectivity index (χ2v) is 11.9. The molecule has 0 aromatic heterocycles. The van der Waals surface area contributed by atoms with Crippen molar-refractivity contribution in [3.05, 3.63) is 0 Å². The molecule has 0 N–H and O–H groups in total. The molecule has 0 rings (SSSR count). The van der Waals surface area contributed by atoms with Crippen molar-refractivity contribution < 1.29 is 66.3 Å². The normalized spacial score (nSPS) is 16.0. The summed E-state index contributed by atoms with van der Waals surface area (Å²) in [7, 11) is -8.31. The summed E-state index contributed by atoms with van der Waals surface area (Å²) in [4.78, 5) is 22.0. The molecule has 0 fully saturated rings. The molecular weight excluding hydrogens is 420 g/mol. The fourth-order valence-corrected chi connectivity index (χ4v) is 8.62. The number of rotatable bonds is 4. The molecule has 144 valence electrons. The van der Waals surface area contributed by atoms with E-state index in [0.717, 1.165) is 0 Å². The van der Waals surface area contributed by atoms with E-state index in [1.165, 1.54) is 0 Å². The van der Waals surface area contributed by atoms with E-state index < -0.39 is 57.4 Å². The Balaban J connectivity index is 7.41. The van der Waals surface area contributed by atoms with Crippen molar-refractivity contribution in [1.82, 2.24) is 0 Å². The van der Waals surface area contributed by atoms with Crippen LogP contribution in [0.5, 0.6) is 0 Å². The first-order chi connectivity index (χ1) is 10.1. The molecule has 0 unspecified atom stereocenters. The van der Waals surface area contributed by atoms with Crippen LogP contribution in [-0.4, -0.2) is 43.0 Å². The third kappa shape index (κ3) is 3.34. The minimum atomic E-state index is -9.14. The van der Waals surface area contributed by atoms with E-state index in [1.54, 1.807) is 0 Å². The molecule has 0 spiro atoms. The Labute approximate surface area is 125 Å². The average molecular weight is 424 g/mol. The molecule has 0 saturated heterocycles. The topological polar surface area (TPSA) is 68.3 Å². The fraction of sp³-hybridized carbons (Fsp3) is 0.714. The van der Waals surface area contributed by atoms with Crippen LogP contribution in [0, 0.1) is 0 Å². The number of carbonyl (C=O) groups excluding carboxylic acids is 2. The van der Waals surface area contributed by atoms with Gasteiger partial charge in [0, 0.05) is 0 Å². The standard InChI is InChI=1S/C7H4F11O4PS/c1-4(8,9)2(19)23(6(13,14)15,3(20)5(10,11)12)24(21,22)7(16,17)18/h23H,1H3. The summed E-state index contributed by atoms with van der Waals surface area (Å²) < 4.78 is 160. The van der Waals surface area contributed by atoms with Crippen LogP contribution in [0.4, 0.5) is 48.3 Å². The van der Waals surface area contributed by atoms with Crippen LogP contribution < -0.4 is 0 Å². The number of alkyl halides is 11. The first kappa shape index (κ1) is 22.9. The van der Waals surface area contributed by atoms with Crippen LogP contribution in [0.2, 0.25) is 0 Å². The van der Waals surface area contributed by atoms with Crippen molar-refractivity contribution in [2.24, 2.45) is 0 Å². The van der Waals surface area contributed by atoms with Crippen molar-refractivity contribution >= 4 is 27.0 Å². The fourth-order valence-electron chi connectivity index (χ4n) is 1.44. The molecular formula is C7H4F11O4PS. The summed E-state index contributed by atoms with van der Waals surface area (Å²) in [5.74, 6) is -13.0. The second kappa shape index (κ2) is 5.75. The Morgan fingerprint density at radius 1 is 0.750 bits per heavy atom. The first-order valence-electron chi connectivity index (χ1n) is 4.98. The summed E-state index contributed by atoms with van der Waals surface area (Å²) >= 11 is 0. The zero-order chi connectivity index (χ0) is 20.2. The Bertz CT molecular complexity index is 609. The summed E-state index contributed by atoms with van der Waals surface area (Å²) in [6, 6.07) is 0. The number of halogens is 11. The number of carbonyl (C=O) groups is 2. The van der Waals surface area contributed by atoms with Crippen LogP contribution in [0.1, 0.15) is 6.92 Å². The summed E-state index contributed by atoms with van der Waals surface area (Å²) in [6.07, 6.45) is -6.96. The van der Waals surface area contributed by atoms with Gasteiger partial charge < -0.3 is 0 Å². The van der Waals surface area contributed by atoms with Gasteiger partial charge in [-0.25, -0.2) is 0 Å². The van der Waals surface area contributed by atoms with Crippen molar-refractivity contribution in [3.63, 3.8) is 0 Å². The monoisotopic (exact) mass is 424 g/mol. The van der Waals surface area contributed by atoms with E-state index in [9.17, 15) is 66.3 Å². The second-order valence-electron chi connectivity index (χ2n) is 4.17. The van der Waals surface area contributed by atoms with Gasteiger partial charge in [0.1, 0.15) is 0 Å². The Kier molecular flexibility index (Phi) is 5.49. The van der Waals surface area contributed by atoms with Crippen LogP contribution in [0.25, 0.3) is 0 Å². The maximum absolute atomic E-state index is 12.9. The zero-order valence-electron chi connectivity index (χ0n) is 10.7. The van der Waals surface area contributed by atoms with Gasteiger partial charge in [-0.3, -0.25) is 0 Å². The van der Waals surface area contributed by atoms with Gasteiger partial charge in [-0.2, -0.15) is 0 Å². The van der Waals surface area contributed by atoms with Crippen molar-refractivity contribution in [2.75, 3.05) is 0 Å². The number of hydrogen-bond donors (Lipinski definition) is 0. The summed E-state index contributed by atoms with van der Waals surface area (Å²) in [5, 5.41) is 0. The first-order valence-corrected chi connectivity index (χ1v) is 9.19. The molecule has 24 heavy (non-hydrogen) atoms. The number of hydrogen-bond acceptors (Lipinski definition) is 4. The third-order valence-corrected chi connectivity index (χ3v) is 11.5. The molecule has 0 amide bonds. The van der Waals surface area contributed by atoms with Crippen LogP contribution in [0.3, 0.4) is 0 Å². The van der Waals surface area contributed by atoms with Crippen molar-refractivity contribution in [3.8, 4) is 0 Å². The predicted octanol–water partition coefficient (Wildman–Crippen LogP) is 3.38. The molecule has 4 nitrogen and oxygen atoms in total. The van der Waals surface area contributed by atoms with E-state index in [0.29, 0.717) is 0 Å².